The maximum Gasteiger partial charge on any atom is 0.312 e. The number of aryl methyl sites for hydroxylation is 1. The summed E-state index contributed by atoms with van der Waals surface area (Å²) in [5.41, 5.74) is 2.61. The van der Waals surface area contributed by atoms with E-state index >= 15 is 0 Å². The minimum Gasteiger partial charge on any atom is -0.481 e. The smallest absolute Gasteiger partial charge is 0.312 e. The molecule has 0 saturated carbocycles. The van der Waals surface area contributed by atoms with Gasteiger partial charge >= 0.3 is 5.97 Å². The van der Waals surface area contributed by atoms with Crippen molar-refractivity contribution in [2.24, 2.45) is 0 Å². The maximum absolute atomic E-state index is 11.4. The first-order chi connectivity index (χ1) is 9.06. The number of halogens is 1. The van der Waals surface area contributed by atoms with E-state index in [9.17, 15) is 9.90 Å². The van der Waals surface area contributed by atoms with Crippen molar-refractivity contribution in [1.29, 1.82) is 0 Å². The van der Waals surface area contributed by atoms with Crippen LogP contribution in [0.25, 0.3) is 0 Å². The fraction of sp³-hybridized carbons (Fsp3) is 0.200. The van der Waals surface area contributed by atoms with Gasteiger partial charge in [-0.25, -0.2) is 0 Å². The zero-order chi connectivity index (χ0) is 13.8. The van der Waals surface area contributed by atoms with Crippen molar-refractivity contribution in [2.45, 2.75) is 19.3 Å². The van der Waals surface area contributed by atoms with Crippen LogP contribution < -0.4 is 0 Å². The summed E-state index contributed by atoms with van der Waals surface area (Å²) in [5.74, 6) is -1.46. The van der Waals surface area contributed by atoms with E-state index in [1.807, 2.05) is 43.3 Å². The predicted molar refractivity (Wildman–Crippen MR) is 77.2 cm³/mol. The molecule has 3 nitrogen and oxygen atoms in total. The molecule has 2 aromatic rings. The number of pyridine rings is 1. The number of hydrogen-bond donors (Lipinski definition) is 1. The summed E-state index contributed by atoms with van der Waals surface area (Å²) in [4.78, 5) is 15.6. The van der Waals surface area contributed by atoms with E-state index in [2.05, 4.69) is 20.9 Å². The number of rotatable bonds is 4. The molecule has 1 N–H and O–H groups in total. The average molecular weight is 320 g/mol. The summed E-state index contributed by atoms with van der Waals surface area (Å²) in [7, 11) is 0. The molecule has 0 aliphatic carbocycles. The van der Waals surface area contributed by atoms with Crippen LogP contribution in [0.3, 0.4) is 0 Å². The summed E-state index contributed by atoms with van der Waals surface area (Å²) in [5, 5.41) is 9.38. The number of aromatic nitrogens is 1. The Kier molecular flexibility index (Phi) is 4.32. The topological polar surface area (TPSA) is 50.2 Å². The van der Waals surface area contributed by atoms with E-state index in [1.165, 1.54) is 0 Å². The third-order valence-electron chi connectivity index (χ3n) is 2.94. The van der Waals surface area contributed by atoms with Crippen molar-refractivity contribution < 1.29 is 9.90 Å². The van der Waals surface area contributed by atoms with Gasteiger partial charge < -0.3 is 5.11 Å². The van der Waals surface area contributed by atoms with Gasteiger partial charge in [-0.1, -0.05) is 28.1 Å². The molecule has 0 spiro atoms. The summed E-state index contributed by atoms with van der Waals surface area (Å²) in [6.45, 7) is 1.93. The second-order valence-electron chi connectivity index (χ2n) is 4.48. The number of aliphatic carboxylic acids is 1. The van der Waals surface area contributed by atoms with Crippen LogP contribution in [-0.4, -0.2) is 16.1 Å². The summed E-state index contributed by atoms with van der Waals surface area (Å²) < 4.78 is 0.983. The molecule has 0 aliphatic rings. The van der Waals surface area contributed by atoms with Crippen LogP contribution in [0.15, 0.2) is 47.1 Å². The van der Waals surface area contributed by atoms with Gasteiger partial charge in [0.05, 0.1) is 5.69 Å². The monoisotopic (exact) mass is 319 g/mol. The second-order valence-corrected chi connectivity index (χ2v) is 5.40. The first-order valence-corrected chi connectivity index (χ1v) is 6.75. The van der Waals surface area contributed by atoms with Gasteiger partial charge in [0, 0.05) is 10.7 Å². The summed E-state index contributed by atoms with van der Waals surface area (Å²) >= 11 is 3.37. The molecule has 98 valence electrons. The van der Waals surface area contributed by atoms with E-state index in [-0.39, 0.29) is 0 Å². The first-order valence-electron chi connectivity index (χ1n) is 5.96. The van der Waals surface area contributed by atoms with Crippen LogP contribution in [0.5, 0.6) is 0 Å². The van der Waals surface area contributed by atoms with Gasteiger partial charge in [0.15, 0.2) is 0 Å². The van der Waals surface area contributed by atoms with Crippen LogP contribution in [0.4, 0.5) is 0 Å². The highest BCUT2D eigenvalue weighted by molar-refractivity contribution is 9.10. The quantitative estimate of drug-likeness (QED) is 0.937. The van der Waals surface area contributed by atoms with Gasteiger partial charge in [0.2, 0.25) is 0 Å². The third kappa shape index (κ3) is 3.64. The van der Waals surface area contributed by atoms with Gasteiger partial charge in [-0.3, -0.25) is 9.78 Å². The fourth-order valence-corrected chi connectivity index (χ4v) is 2.19. The van der Waals surface area contributed by atoms with E-state index in [0.717, 1.165) is 15.6 Å². The van der Waals surface area contributed by atoms with Gasteiger partial charge in [-0.2, -0.15) is 0 Å². The lowest BCUT2D eigenvalue weighted by Crippen LogP contribution is -2.16. The number of carbonyl (C=O) groups is 1. The lowest BCUT2D eigenvalue weighted by atomic mass is 9.95. The van der Waals surface area contributed by atoms with Crippen LogP contribution in [0, 0.1) is 6.92 Å². The highest BCUT2D eigenvalue weighted by atomic mass is 79.9. The predicted octanol–water partition coefficient (Wildman–Crippen LogP) is 3.56. The molecule has 0 saturated heterocycles. The Bertz CT molecular complexity index is 581. The van der Waals surface area contributed by atoms with Crippen molar-refractivity contribution in [2.75, 3.05) is 0 Å². The van der Waals surface area contributed by atoms with Gasteiger partial charge in [-0.05, 0) is 48.7 Å². The van der Waals surface area contributed by atoms with E-state index in [0.29, 0.717) is 12.1 Å². The zero-order valence-electron chi connectivity index (χ0n) is 10.5. The minimum atomic E-state index is -0.846. The molecule has 0 bridgehead atoms. The fourth-order valence-electron chi connectivity index (χ4n) is 1.92. The van der Waals surface area contributed by atoms with E-state index < -0.39 is 11.9 Å². The highest BCUT2D eigenvalue weighted by Crippen LogP contribution is 2.21. The molecule has 1 aromatic carbocycles. The van der Waals surface area contributed by atoms with Gasteiger partial charge in [0.25, 0.3) is 0 Å². The second kappa shape index (κ2) is 5.97. The molecule has 1 heterocycles. The Hall–Kier alpha value is -1.68. The Labute approximate surface area is 120 Å². The Morgan fingerprint density at radius 1 is 1.32 bits per heavy atom. The van der Waals surface area contributed by atoms with Crippen LogP contribution >= 0.6 is 15.9 Å². The third-order valence-corrected chi connectivity index (χ3v) is 3.47. The summed E-state index contributed by atoms with van der Waals surface area (Å²) in [6.07, 6.45) is 2.10. The number of carboxylic acids is 1. The van der Waals surface area contributed by atoms with E-state index in [4.69, 9.17) is 0 Å². The Morgan fingerprint density at radius 3 is 2.58 bits per heavy atom. The van der Waals surface area contributed by atoms with Crippen molar-refractivity contribution in [3.63, 3.8) is 0 Å². The Balaban J connectivity index is 2.26. The van der Waals surface area contributed by atoms with Crippen LogP contribution in [-0.2, 0) is 11.2 Å². The standard InChI is InChI=1S/C15H14BrNO2/c1-10-6-7-17-14(8-10)13(15(18)19)9-11-2-4-12(16)5-3-11/h2-8,13H,9H2,1H3,(H,18,19). The van der Waals surface area contributed by atoms with E-state index in [1.54, 1.807) is 6.20 Å². The molecular weight excluding hydrogens is 306 g/mol. The van der Waals surface area contributed by atoms with Crippen molar-refractivity contribution >= 4 is 21.9 Å². The van der Waals surface area contributed by atoms with Crippen LogP contribution in [0.1, 0.15) is 22.7 Å². The van der Waals surface area contributed by atoms with Crippen molar-refractivity contribution in [3.05, 3.63) is 63.9 Å². The number of hydrogen-bond acceptors (Lipinski definition) is 2. The summed E-state index contributed by atoms with van der Waals surface area (Å²) in [6, 6.07) is 11.4. The molecule has 0 aliphatic heterocycles. The zero-order valence-corrected chi connectivity index (χ0v) is 12.1. The average Bonchev–Trinajstić information content (AvgIpc) is 2.37. The maximum atomic E-state index is 11.4. The molecule has 0 amide bonds. The normalized spacial score (nSPS) is 12.1. The Morgan fingerprint density at radius 2 is 2.00 bits per heavy atom. The molecule has 4 heteroatoms. The van der Waals surface area contributed by atoms with Crippen LogP contribution in [0.2, 0.25) is 0 Å². The first kappa shape index (κ1) is 13.7. The minimum absolute atomic E-state index is 0.444. The number of nitrogens with zero attached hydrogens (tertiary/aromatic N) is 1. The molecule has 1 unspecified atom stereocenters. The molecule has 19 heavy (non-hydrogen) atoms. The van der Waals surface area contributed by atoms with Crippen molar-refractivity contribution in [3.8, 4) is 0 Å². The van der Waals surface area contributed by atoms with Crippen molar-refractivity contribution in [1.82, 2.24) is 4.98 Å². The molecule has 0 radical (unpaired) electrons. The largest absolute Gasteiger partial charge is 0.481 e. The van der Waals surface area contributed by atoms with Gasteiger partial charge in [-0.15, -0.1) is 0 Å². The molecule has 1 aromatic heterocycles. The van der Waals surface area contributed by atoms with Gasteiger partial charge in [0.1, 0.15) is 5.92 Å². The molecule has 0 fully saturated rings. The SMILES string of the molecule is Cc1ccnc(C(Cc2ccc(Br)cc2)C(=O)O)c1. The molecular formula is C15H14BrNO2. The molecule has 1 atom stereocenters. The number of benzene rings is 1. The number of carboxylic acid groups (broad SMARTS) is 1. The highest BCUT2D eigenvalue weighted by Gasteiger charge is 2.21. The molecule has 2 rings (SSSR count). The lowest BCUT2D eigenvalue weighted by Gasteiger charge is -2.12. The lowest BCUT2D eigenvalue weighted by molar-refractivity contribution is -0.138.